The molecular weight excluding hydrogens is 332 g/mol. The smallest absolute Gasteiger partial charge is 0.310 e. The van der Waals surface area contributed by atoms with E-state index < -0.39 is 17.8 Å². The van der Waals surface area contributed by atoms with Gasteiger partial charge in [-0.15, -0.1) is 0 Å². The van der Waals surface area contributed by atoms with Crippen molar-refractivity contribution in [2.75, 3.05) is 13.2 Å². The molecule has 0 unspecified atom stereocenters. The summed E-state index contributed by atoms with van der Waals surface area (Å²) >= 11 is 0. The topological polar surface area (TPSA) is 69.7 Å². The molecule has 0 heterocycles. The van der Waals surface area contributed by atoms with Gasteiger partial charge in [0.15, 0.2) is 12.4 Å². The van der Waals surface area contributed by atoms with Crippen LogP contribution >= 0.6 is 0 Å². The van der Waals surface area contributed by atoms with Crippen LogP contribution < -0.4 is 0 Å². The highest BCUT2D eigenvalue weighted by atomic mass is 16.5. The van der Waals surface area contributed by atoms with E-state index in [4.69, 9.17) is 9.47 Å². The SMILES string of the molecule is CCOC(=O)[C@@H]1[C@@H]2C=C[C@@H]([C@@H]3C[C@H]23)[C@@H]1C(=O)OCC(=O)c1ccccc1. The standard InChI is InChI=1S/C21H22O5/c1-2-25-20(23)18-13-8-9-14(16-10-15(13)16)19(18)21(24)26-11-17(22)12-6-4-3-5-7-12/h3-9,13-16,18-19H,2,10-11H2,1H3/t13-,14+,15-,16+,18-,19+/m1/s1. The predicted octanol–water partition coefficient (Wildman–Crippen LogP) is 2.66. The van der Waals surface area contributed by atoms with Gasteiger partial charge in [-0.25, -0.2) is 0 Å². The number of hydrogen-bond acceptors (Lipinski definition) is 5. The van der Waals surface area contributed by atoms with E-state index in [2.05, 4.69) is 12.2 Å². The van der Waals surface area contributed by atoms with Crippen LogP contribution in [-0.2, 0) is 19.1 Å². The summed E-state index contributed by atoms with van der Waals surface area (Å²) in [4.78, 5) is 37.5. The van der Waals surface area contributed by atoms with Crippen molar-refractivity contribution in [3.8, 4) is 0 Å². The number of carbonyl (C=O) groups is 3. The fraction of sp³-hybridized carbons (Fsp3) is 0.476. The van der Waals surface area contributed by atoms with Gasteiger partial charge in [0.1, 0.15) is 0 Å². The van der Waals surface area contributed by atoms with Crippen molar-refractivity contribution in [3.05, 3.63) is 48.0 Å². The number of esters is 2. The minimum Gasteiger partial charge on any atom is -0.466 e. The van der Waals surface area contributed by atoms with E-state index in [1.807, 2.05) is 6.07 Å². The number of hydrogen-bond donors (Lipinski definition) is 0. The van der Waals surface area contributed by atoms with Crippen molar-refractivity contribution in [3.63, 3.8) is 0 Å². The molecule has 0 N–H and O–H groups in total. The molecule has 4 aliphatic rings. The molecule has 2 bridgehead atoms. The molecule has 4 aliphatic carbocycles. The summed E-state index contributed by atoms with van der Waals surface area (Å²) in [5, 5.41) is 0. The fourth-order valence-electron chi connectivity index (χ4n) is 4.70. The summed E-state index contributed by atoms with van der Waals surface area (Å²) in [5.74, 6) is -1.07. The van der Waals surface area contributed by atoms with Gasteiger partial charge in [-0.2, -0.15) is 0 Å². The number of allylic oxidation sites excluding steroid dienone is 2. The highest BCUT2D eigenvalue weighted by Crippen LogP contribution is 2.63. The quantitative estimate of drug-likeness (QED) is 0.446. The Kier molecular flexibility index (Phi) is 4.39. The first-order chi connectivity index (χ1) is 12.6. The van der Waals surface area contributed by atoms with Crippen LogP contribution in [0.15, 0.2) is 42.5 Å². The Labute approximate surface area is 152 Å². The Bertz CT molecular complexity index is 753. The average molecular weight is 354 g/mol. The number of Topliss-reactive ketones (excluding diaryl/α,β-unsaturated/α-hetero) is 1. The zero-order valence-corrected chi connectivity index (χ0v) is 14.7. The Morgan fingerprint density at radius 3 is 2.08 bits per heavy atom. The average Bonchev–Trinajstić information content (AvgIpc) is 3.48. The maximum atomic E-state index is 12.8. The van der Waals surface area contributed by atoms with Gasteiger partial charge >= 0.3 is 11.9 Å². The Hall–Kier alpha value is -2.43. The normalized spacial score (nSPS) is 33.3. The molecule has 0 saturated heterocycles. The Morgan fingerprint density at radius 1 is 0.923 bits per heavy atom. The van der Waals surface area contributed by atoms with Gasteiger partial charge in [-0.3, -0.25) is 14.4 Å². The van der Waals surface area contributed by atoms with E-state index in [9.17, 15) is 14.4 Å². The van der Waals surface area contributed by atoms with Crippen molar-refractivity contribution in [1.29, 1.82) is 0 Å². The predicted molar refractivity (Wildman–Crippen MR) is 93.1 cm³/mol. The molecule has 5 rings (SSSR count). The van der Waals surface area contributed by atoms with Crippen LogP contribution in [0, 0.1) is 35.5 Å². The van der Waals surface area contributed by atoms with E-state index in [0.717, 1.165) is 6.42 Å². The lowest BCUT2D eigenvalue weighted by atomic mass is 9.62. The number of fused-ring (bicyclic) bond motifs is 1. The molecule has 1 aromatic rings. The highest BCUT2D eigenvalue weighted by Gasteiger charge is 2.63. The molecule has 6 atom stereocenters. The van der Waals surface area contributed by atoms with Crippen LogP contribution in [0.2, 0.25) is 0 Å². The first kappa shape index (κ1) is 17.0. The van der Waals surface area contributed by atoms with Gasteiger partial charge in [0.05, 0.1) is 18.4 Å². The van der Waals surface area contributed by atoms with Crippen LogP contribution in [0.3, 0.4) is 0 Å². The molecule has 0 radical (unpaired) electrons. The van der Waals surface area contributed by atoms with Crippen LogP contribution in [0.4, 0.5) is 0 Å². The molecule has 5 heteroatoms. The number of ether oxygens (including phenoxy) is 2. The van der Waals surface area contributed by atoms with Gasteiger partial charge < -0.3 is 9.47 Å². The second-order valence-electron chi connectivity index (χ2n) is 7.30. The van der Waals surface area contributed by atoms with E-state index in [-0.39, 0.29) is 30.2 Å². The third kappa shape index (κ3) is 2.85. The third-order valence-electron chi connectivity index (χ3n) is 5.92. The van der Waals surface area contributed by atoms with Crippen molar-refractivity contribution in [1.82, 2.24) is 0 Å². The molecule has 2 saturated carbocycles. The summed E-state index contributed by atoms with van der Waals surface area (Å²) < 4.78 is 10.6. The van der Waals surface area contributed by atoms with Gasteiger partial charge in [0.2, 0.25) is 0 Å². The molecule has 1 aromatic carbocycles. The lowest BCUT2D eigenvalue weighted by Crippen LogP contribution is -2.48. The Morgan fingerprint density at radius 2 is 1.50 bits per heavy atom. The summed E-state index contributed by atoms with van der Waals surface area (Å²) in [6.07, 6.45) is 5.17. The summed E-state index contributed by atoms with van der Waals surface area (Å²) in [7, 11) is 0. The van der Waals surface area contributed by atoms with Crippen molar-refractivity contribution in [2.45, 2.75) is 13.3 Å². The second kappa shape index (κ2) is 6.71. The van der Waals surface area contributed by atoms with Gasteiger partial charge in [0, 0.05) is 5.56 Å². The van der Waals surface area contributed by atoms with Gasteiger partial charge in [0.25, 0.3) is 0 Å². The molecular formula is C21H22O5. The number of carbonyl (C=O) groups excluding carboxylic acids is 3. The van der Waals surface area contributed by atoms with Crippen LogP contribution in [0.1, 0.15) is 23.7 Å². The number of benzene rings is 1. The van der Waals surface area contributed by atoms with Gasteiger partial charge in [-0.1, -0.05) is 42.5 Å². The first-order valence-corrected chi connectivity index (χ1v) is 9.21. The summed E-state index contributed by atoms with van der Waals surface area (Å²) in [5.41, 5.74) is 0.509. The molecule has 26 heavy (non-hydrogen) atoms. The summed E-state index contributed by atoms with van der Waals surface area (Å²) in [6.45, 7) is 1.75. The molecule has 2 fully saturated rings. The molecule has 5 nitrogen and oxygen atoms in total. The molecule has 0 aliphatic heterocycles. The van der Waals surface area contributed by atoms with Gasteiger partial charge in [-0.05, 0) is 37.0 Å². The maximum absolute atomic E-state index is 12.8. The third-order valence-corrected chi connectivity index (χ3v) is 5.92. The lowest BCUT2D eigenvalue weighted by molar-refractivity contribution is -0.167. The van der Waals surface area contributed by atoms with E-state index >= 15 is 0 Å². The van der Waals surface area contributed by atoms with E-state index in [0.29, 0.717) is 24.0 Å². The monoisotopic (exact) mass is 354 g/mol. The lowest BCUT2D eigenvalue weighted by Gasteiger charge is -2.41. The minimum atomic E-state index is -0.545. The second-order valence-corrected chi connectivity index (χ2v) is 7.30. The highest BCUT2D eigenvalue weighted by molar-refractivity contribution is 5.98. The van der Waals surface area contributed by atoms with Crippen LogP contribution in [-0.4, -0.2) is 30.9 Å². The van der Waals surface area contributed by atoms with Crippen LogP contribution in [0.25, 0.3) is 0 Å². The maximum Gasteiger partial charge on any atom is 0.310 e. The van der Waals surface area contributed by atoms with E-state index in [1.54, 1.807) is 31.2 Å². The molecule has 0 spiro atoms. The molecule has 0 aromatic heterocycles. The fourth-order valence-corrected chi connectivity index (χ4v) is 4.70. The van der Waals surface area contributed by atoms with Crippen molar-refractivity contribution in [2.24, 2.45) is 35.5 Å². The molecule has 136 valence electrons. The summed E-state index contributed by atoms with van der Waals surface area (Å²) in [6, 6.07) is 8.74. The Balaban J connectivity index is 1.47. The molecule has 0 amide bonds. The van der Waals surface area contributed by atoms with Crippen molar-refractivity contribution < 1.29 is 23.9 Å². The van der Waals surface area contributed by atoms with Crippen molar-refractivity contribution >= 4 is 17.7 Å². The van der Waals surface area contributed by atoms with Crippen LogP contribution in [0.5, 0.6) is 0 Å². The first-order valence-electron chi connectivity index (χ1n) is 9.21. The largest absolute Gasteiger partial charge is 0.466 e. The zero-order valence-electron chi connectivity index (χ0n) is 14.7. The van der Waals surface area contributed by atoms with E-state index in [1.165, 1.54) is 0 Å². The number of rotatable bonds is 6. The number of ketones is 1. The zero-order chi connectivity index (χ0) is 18.3. The minimum absolute atomic E-state index is 0.0127.